The Bertz CT molecular complexity index is 996. The van der Waals surface area contributed by atoms with Gasteiger partial charge in [-0.2, -0.15) is 0 Å². The molecule has 0 unspecified atom stereocenters. The molecule has 0 saturated carbocycles. The predicted molar refractivity (Wildman–Crippen MR) is 140 cm³/mol. The van der Waals surface area contributed by atoms with Gasteiger partial charge in [0, 0.05) is 5.56 Å². The molecule has 0 amide bonds. The minimum Gasteiger partial charge on any atom is -0.207 e. The van der Waals surface area contributed by atoms with Gasteiger partial charge >= 0.3 is 73.6 Å². The van der Waals surface area contributed by atoms with Crippen LogP contribution in [-0.2, 0) is 0 Å². The Morgan fingerprint density at radius 1 is 0.419 bits per heavy atom. The third-order valence-corrected chi connectivity index (χ3v) is 4.02. The smallest absolute Gasteiger partial charge is 0.207 e. The molecule has 0 aliphatic rings. The summed E-state index contributed by atoms with van der Waals surface area (Å²) < 4.78 is 6.21. The van der Waals surface area contributed by atoms with Crippen molar-refractivity contribution in [2.45, 2.75) is 0 Å². The van der Waals surface area contributed by atoms with E-state index in [9.17, 15) is 0 Å². The third-order valence-electron chi connectivity index (χ3n) is 4.02. The van der Waals surface area contributed by atoms with Crippen LogP contribution in [0.15, 0.2) is 108 Å². The standard InChI is InChI=1S/C23H17O.6ClH.Sb/c1-4-10-18(11-5-1)21-16-22(19-12-6-2-7-13-19)24-23(17-21)20-14-8-3-9-15-20;;;;;;;/h1-17H;6*1H;/q+1;;;;;;;+5/p-6. The summed E-state index contributed by atoms with van der Waals surface area (Å²) >= 11 is 0. The molecule has 0 aliphatic carbocycles. The molecule has 3 aromatic carbocycles. The molecule has 4 aromatic rings. The molecule has 1 aromatic heterocycles. The van der Waals surface area contributed by atoms with E-state index in [4.69, 9.17) is 57.4 Å². The van der Waals surface area contributed by atoms with E-state index in [1.54, 1.807) is 0 Å². The Balaban J connectivity index is 0.000000339. The number of benzene rings is 3. The molecule has 0 saturated heterocycles. The monoisotopic (exact) mass is 640 g/mol. The van der Waals surface area contributed by atoms with E-state index in [1.807, 2.05) is 42.5 Å². The summed E-state index contributed by atoms with van der Waals surface area (Å²) in [4.78, 5) is 0. The van der Waals surface area contributed by atoms with Crippen LogP contribution in [0.1, 0.15) is 0 Å². The SMILES string of the molecule is [Cl][Sb-]([Cl])([Cl])([Cl])([Cl])[Cl].c1ccc(-c2cc(-c3ccccc3)[o+]c(-c3ccccc3)c2)cc1. The maximum absolute atomic E-state index is 6.21. The second-order valence-electron chi connectivity index (χ2n) is 6.63. The van der Waals surface area contributed by atoms with Gasteiger partial charge in [-0.3, -0.25) is 0 Å². The van der Waals surface area contributed by atoms with E-state index in [2.05, 4.69) is 60.7 Å². The molecule has 0 atom stereocenters. The molecule has 0 aliphatic heterocycles. The Hall–Kier alpha value is -0.632. The van der Waals surface area contributed by atoms with E-state index in [0.717, 1.165) is 28.2 Å². The van der Waals surface area contributed by atoms with Crippen molar-refractivity contribution < 1.29 is 4.42 Å². The first-order chi connectivity index (χ1) is 14.3. The Morgan fingerprint density at radius 2 is 0.710 bits per heavy atom. The topological polar surface area (TPSA) is 11.3 Å². The Labute approximate surface area is 201 Å². The van der Waals surface area contributed by atoms with Crippen LogP contribution in [0.3, 0.4) is 0 Å². The van der Waals surface area contributed by atoms with Gasteiger partial charge in [-0.15, -0.1) is 0 Å². The van der Waals surface area contributed by atoms with Crippen molar-refractivity contribution in [2.75, 3.05) is 0 Å². The van der Waals surface area contributed by atoms with Crippen LogP contribution in [0, 0.1) is 0 Å². The number of hydrogen-bond donors (Lipinski definition) is 0. The van der Waals surface area contributed by atoms with Crippen LogP contribution >= 0.6 is 53.0 Å². The fourth-order valence-corrected chi connectivity index (χ4v) is 2.79. The fourth-order valence-electron chi connectivity index (χ4n) is 2.79. The van der Waals surface area contributed by atoms with Crippen molar-refractivity contribution in [1.82, 2.24) is 0 Å². The van der Waals surface area contributed by atoms with Gasteiger partial charge in [-0.25, -0.2) is 4.42 Å². The average Bonchev–Trinajstić information content (AvgIpc) is 2.73. The van der Waals surface area contributed by atoms with Crippen molar-refractivity contribution in [2.24, 2.45) is 0 Å². The number of halogens is 6. The van der Waals surface area contributed by atoms with Crippen molar-refractivity contribution in [3.63, 3.8) is 0 Å². The van der Waals surface area contributed by atoms with Gasteiger partial charge in [0.1, 0.15) is 0 Å². The van der Waals surface area contributed by atoms with Crippen molar-refractivity contribution in [3.05, 3.63) is 103 Å². The van der Waals surface area contributed by atoms with Crippen molar-refractivity contribution in [3.8, 4) is 33.8 Å². The Kier molecular flexibility index (Phi) is 7.51. The number of hydrogen-bond acceptors (Lipinski definition) is 0. The van der Waals surface area contributed by atoms with Gasteiger partial charge in [-0.1, -0.05) is 66.7 Å². The second-order valence-corrected chi connectivity index (χ2v) is 63.5. The first-order valence-electron chi connectivity index (χ1n) is 9.06. The van der Waals surface area contributed by atoms with E-state index in [1.165, 1.54) is 5.56 Å². The van der Waals surface area contributed by atoms with Gasteiger partial charge in [-0.05, 0) is 29.8 Å². The molecule has 8 heteroatoms. The van der Waals surface area contributed by atoms with E-state index in [0.29, 0.717) is 0 Å². The van der Waals surface area contributed by atoms with E-state index >= 15 is 0 Å². The molecular formula is C23H17Cl6OSb. The summed E-state index contributed by atoms with van der Waals surface area (Å²) in [7, 11) is 25.0. The summed E-state index contributed by atoms with van der Waals surface area (Å²) in [6.45, 7) is 0. The maximum atomic E-state index is 6.21. The third kappa shape index (κ3) is 9.80. The zero-order valence-corrected chi connectivity index (χ0v) is 23.0. The summed E-state index contributed by atoms with van der Waals surface area (Å²) in [5.74, 6) is 1.74. The molecule has 1 nitrogen and oxygen atoms in total. The zero-order chi connectivity index (χ0) is 22.6. The molecule has 0 radical (unpaired) electrons. The summed E-state index contributed by atoms with van der Waals surface area (Å²) in [5.41, 5.74) is 4.49. The molecule has 0 fully saturated rings. The summed E-state index contributed by atoms with van der Waals surface area (Å²) in [6, 6.07) is 35.1. The Morgan fingerprint density at radius 3 is 1.03 bits per heavy atom. The molecule has 4 rings (SSSR count). The minimum absolute atomic E-state index is 0.871. The molecule has 1 heterocycles. The van der Waals surface area contributed by atoms with Crippen molar-refractivity contribution in [1.29, 1.82) is 0 Å². The normalized spacial score (nSPS) is 13.4. The van der Waals surface area contributed by atoms with Crippen molar-refractivity contribution >= 4 is 62.1 Å². The summed E-state index contributed by atoms with van der Waals surface area (Å²) in [5, 5.41) is 0. The van der Waals surface area contributed by atoms with Gasteiger partial charge in [0.05, 0.1) is 23.3 Å². The number of rotatable bonds is 3. The fraction of sp³-hybridized carbons (Fsp3) is 0. The first-order valence-corrected chi connectivity index (χ1v) is 28.5. The molecule has 162 valence electrons. The van der Waals surface area contributed by atoms with Gasteiger partial charge in [0.25, 0.3) is 0 Å². The predicted octanol–water partition coefficient (Wildman–Crippen LogP) is 10.3. The van der Waals surface area contributed by atoms with Gasteiger partial charge < -0.3 is 0 Å². The minimum atomic E-state index is -5.42. The maximum Gasteiger partial charge on any atom is 0.361 e. The van der Waals surface area contributed by atoms with Gasteiger partial charge in [0.2, 0.25) is 0 Å². The van der Waals surface area contributed by atoms with E-state index in [-0.39, 0.29) is 0 Å². The average molecular weight is 644 g/mol. The summed E-state index contributed by atoms with van der Waals surface area (Å²) in [6.07, 6.45) is 0. The van der Waals surface area contributed by atoms with Crippen LogP contribution in [0.4, 0.5) is 0 Å². The first kappa shape index (κ1) is 25.0. The van der Waals surface area contributed by atoms with Crippen LogP contribution in [0.25, 0.3) is 33.8 Å². The molecular weight excluding hydrogens is 627 g/mol. The van der Waals surface area contributed by atoms with Crippen LogP contribution in [0.5, 0.6) is 0 Å². The quantitative estimate of drug-likeness (QED) is 0.160. The molecule has 0 N–H and O–H groups in total. The van der Waals surface area contributed by atoms with E-state index < -0.39 is 9.14 Å². The van der Waals surface area contributed by atoms with Crippen LogP contribution < -0.4 is 0 Å². The van der Waals surface area contributed by atoms with Gasteiger partial charge in [0.15, 0.2) is 0 Å². The van der Waals surface area contributed by atoms with Crippen LogP contribution in [-0.4, -0.2) is 9.14 Å². The molecule has 31 heavy (non-hydrogen) atoms. The zero-order valence-electron chi connectivity index (χ0n) is 15.9. The largest absolute Gasteiger partial charge is 0.361 e. The van der Waals surface area contributed by atoms with Crippen LogP contribution in [0.2, 0.25) is 0 Å². The molecule has 0 spiro atoms. The molecule has 0 bridgehead atoms. The second kappa shape index (κ2) is 9.32.